The van der Waals surface area contributed by atoms with Gasteiger partial charge in [0.2, 0.25) is 5.91 Å². The molecular formula is C14H25NO2S. The highest BCUT2D eigenvalue weighted by Crippen LogP contribution is 2.31. The molecule has 0 unspecified atom stereocenters. The lowest BCUT2D eigenvalue weighted by Crippen LogP contribution is -2.42. The van der Waals surface area contributed by atoms with E-state index in [4.69, 9.17) is 0 Å². The third-order valence-corrected chi connectivity index (χ3v) is 5.34. The molecule has 2 fully saturated rings. The van der Waals surface area contributed by atoms with E-state index in [-0.39, 0.29) is 5.91 Å². The zero-order valence-corrected chi connectivity index (χ0v) is 12.2. The first kappa shape index (κ1) is 14.2. The Balaban J connectivity index is 1.77. The van der Waals surface area contributed by atoms with E-state index in [1.54, 1.807) is 4.90 Å². The lowest BCUT2D eigenvalue weighted by Gasteiger charge is -2.30. The van der Waals surface area contributed by atoms with E-state index in [2.05, 4.69) is 0 Å². The van der Waals surface area contributed by atoms with Crippen LogP contribution >= 0.6 is 11.8 Å². The summed E-state index contributed by atoms with van der Waals surface area (Å²) in [6.07, 6.45) is 6.92. The summed E-state index contributed by atoms with van der Waals surface area (Å²) in [6.45, 7) is 0.521. The van der Waals surface area contributed by atoms with Crippen molar-refractivity contribution in [3.05, 3.63) is 0 Å². The van der Waals surface area contributed by atoms with E-state index < -0.39 is 5.60 Å². The number of hydrogen-bond acceptors (Lipinski definition) is 3. The van der Waals surface area contributed by atoms with Crippen LogP contribution in [0, 0.1) is 5.92 Å². The molecule has 2 aliphatic rings. The number of hydrogen-bond donors (Lipinski definition) is 1. The summed E-state index contributed by atoms with van der Waals surface area (Å²) in [5.41, 5.74) is -0.604. The van der Waals surface area contributed by atoms with Gasteiger partial charge in [0.25, 0.3) is 0 Å². The fraction of sp³-hybridized carbons (Fsp3) is 0.929. The monoisotopic (exact) mass is 271 g/mol. The van der Waals surface area contributed by atoms with Crippen molar-refractivity contribution in [2.24, 2.45) is 5.92 Å². The smallest absolute Gasteiger partial charge is 0.222 e. The minimum absolute atomic E-state index is 0.215. The zero-order chi connectivity index (χ0) is 13.0. The Morgan fingerprint density at radius 2 is 1.94 bits per heavy atom. The fourth-order valence-electron chi connectivity index (χ4n) is 3.07. The maximum absolute atomic E-state index is 12.1. The standard InChI is InChI=1S/C14H25NO2S/c1-15(11-14(17)6-2-3-7-14)13(16)10-12-4-8-18-9-5-12/h12,17H,2-11H2,1H3. The van der Waals surface area contributed by atoms with Gasteiger partial charge in [-0.15, -0.1) is 0 Å². The third kappa shape index (κ3) is 3.89. The van der Waals surface area contributed by atoms with Crippen molar-refractivity contribution in [1.82, 2.24) is 4.90 Å². The Hall–Kier alpha value is -0.220. The summed E-state index contributed by atoms with van der Waals surface area (Å²) in [5, 5.41) is 10.3. The quantitative estimate of drug-likeness (QED) is 0.853. The van der Waals surface area contributed by atoms with Crippen molar-refractivity contribution in [2.75, 3.05) is 25.1 Å². The van der Waals surface area contributed by atoms with E-state index in [0.717, 1.165) is 25.7 Å². The van der Waals surface area contributed by atoms with E-state index in [1.807, 2.05) is 18.8 Å². The highest BCUT2D eigenvalue weighted by molar-refractivity contribution is 7.99. The van der Waals surface area contributed by atoms with Crippen molar-refractivity contribution in [1.29, 1.82) is 0 Å². The van der Waals surface area contributed by atoms with Gasteiger partial charge in [-0.3, -0.25) is 4.79 Å². The fourth-order valence-corrected chi connectivity index (χ4v) is 4.28. The lowest BCUT2D eigenvalue weighted by molar-refractivity contribution is -0.134. The molecule has 1 saturated carbocycles. The predicted octanol–water partition coefficient (Wildman–Crippen LogP) is 2.28. The molecule has 1 amide bonds. The summed E-state index contributed by atoms with van der Waals surface area (Å²) < 4.78 is 0. The number of aliphatic hydroxyl groups is 1. The van der Waals surface area contributed by atoms with Crippen LogP contribution in [-0.2, 0) is 4.79 Å². The van der Waals surface area contributed by atoms with Crippen LogP contribution in [0.25, 0.3) is 0 Å². The summed E-state index contributed by atoms with van der Waals surface area (Å²) in [4.78, 5) is 13.9. The maximum Gasteiger partial charge on any atom is 0.222 e. The molecule has 18 heavy (non-hydrogen) atoms. The minimum atomic E-state index is -0.604. The van der Waals surface area contributed by atoms with Crippen LogP contribution in [-0.4, -0.2) is 46.6 Å². The van der Waals surface area contributed by atoms with Crippen LogP contribution in [0.1, 0.15) is 44.9 Å². The topological polar surface area (TPSA) is 40.5 Å². The van der Waals surface area contributed by atoms with Gasteiger partial charge in [-0.2, -0.15) is 11.8 Å². The van der Waals surface area contributed by atoms with Gasteiger partial charge in [0.1, 0.15) is 0 Å². The van der Waals surface area contributed by atoms with Gasteiger partial charge in [-0.1, -0.05) is 12.8 Å². The maximum atomic E-state index is 12.1. The second kappa shape index (κ2) is 6.29. The summed E-state index contributed by atoms with van der Waals surface area (Å²) in [5.74, 6) is 3.18. The second-order valence-corrected chi connectivity index (χ2v) is 7.17. The number of amides is 1. The van der Waals surface area contributed by atoms with Gasteiger partial charge < -0.3 is 10.0 Å². The number of carbonyl (C=O) groups is 1. The van der Waals surface area contributed by atoms with Gasteiger partial charge in [0.15, 0.2) is 0 Å². The lowest BCUT2D eigenvalue weighted by atomic mass is 9.97. The van der Waals surface area contributed by atoms with Crippen LogP contribution in [0.3, 0.4) is 0 Å². The summed E-state index contributed by atoms with van der Waals surface area (Å²) >= 11 is 1.99. The molecule has 3 nitrogen and oxygen atoms in total. The van der Waals surface area contributed by atoms with Crippen molar-refractivity contribution in [3.8, 4) is 0 Å². The molecule has 0 aromatic carbocycles. The number of thioether (sulfide) groups is 1. The molecule has 0 aromatic rings. The predicted molar refractivity (Wildman–Crippen MR) is 75.7 cm³/mol. The summed E-state index contributed by atoms with van der Waals surface area (Å²) in [6, 6.07) is 0. The average molecular weight is 271 g/mol. The number of nitrogens with zero attached hydrogens (tertiary/aromatic N) is 1. The number of rotatable bonds is 4. The summed E-state index contributed by atoms with van der Waals surface area (Å²) in [7, 11) is 1.84. The van der Waals surface area contributed by atoms with E-state index in [1.165, 1.54) is 24.3 Å². The van der Waals surface area contributed by atoms with E-state index in [9.17, 15) is 9.90 Å². The first-order chi connectivity index (χ1) is 8.59. The molecule has 1 N–H and O–H groups in total. The largest absolute Gasteiger partial charge is 0.388 e. The van der Waals surface area contributed by atoms with Gasteiger partial charge >= 0.3 is 0 Å². The van der Waals surface area contributed by atoms with Gasteiger partial charge in [0.05, 0.1) is 5.60 Å². The van der Waals surface area contributed by atoms with Gasteiger partial charge in [-0.25, -0.2) is 0 Å². The zero-order valence-electron chi connectivity index (χ0n) is 11.4. The van der Waals surface area contributed by atoms with E-state index in [0.29, 0.717) is 18.9 Å². The Morgan fingerprint density at radius 3 is 2.56 bits per heavy atom. The van der Waals surface area contributed by atoms with Gasteiger partial charge in [-0.05, 0) is 43.1 Å². The van der Waals surface area contributed by atoms with Crippen LogP contribution in [0.2, 0.25) is 0 Å². The van der Waals surface area contributed by atoms with Crippen molar-refractivity contribution >= 4 is 17.7 Å². The first-order valence-corrected chi connectivity index (χ1v) is 8.29. The normalized spacial score (nSPS) is 24.1. The molecule has 1 aliphatic heterocycles. The molecule has 104 valence electrons. The number of likely N-dealkylation sites (N-methyl/N-ethyl adjacent to an activating group) is 1. The Morgan fingerprint density at radius 1 is 1.33 bits per heavy atom. The Bertz CT molecular complexity index is 284. The molecule has 0 radical (unpaired) electrons. The molecular weight excluding hydrogens is 246 g/mol. The van der Waals surface area contributed by atoms with Crippen molar-refractivity contribution in [2.45, 2.75) is 50.5 Å². The van der Waals surface area contributed by atoms with Gasteiger partial charge in [0, 0.05) is 20.0 Å². The van der Waals surface area contributed by atoms with Crippen molar-refractivity contribution in [3.63, 3.8) is 0 Å². The molecule has 1 saturated heterocycles. The molecule has 0 atom stereocenters. The Kier molecular flexibility index (Phi) is 4.96. The van der Waals surface area contributed by atoms with Crippen LogP contribution < -0.4 is 0 Å². The van der Waals surface area contributed by atoms with E-state index >= 15 is 0 Å². The molecule has 0 spiro atoms. The van der Waals surface area contributed by atoms with Crippen LogP contribution in [0.5, 0.6) is 0 Å². The molecule has 1 heterocycles. The van der Waals surface area contributed by atoms with Crippen LogP contribution in [0.15, 0.2) is 0 Å². The number of carbonyl (C=O) groups excluding carboxylic acids is 1. The molecule has 2 rings (SSSR count). The molecule has 0 aromatic heterocycles. The highest BCUT2D eigenvalue weighted by Gasteiger charge is 2.33. The average Bonchev–Trinajstić information content (AvgIpc) is 2.77. The minimum Gasteiger partial charge on any atom is -0.388 e. The van der Waals surface area contributed by atoms with Crippen molar-refractivity contribution < 1.29 is 9.90 Å². The van der Waals surface area contributed by atoms with Crippen LogP contribution in [0.4, 0.5) is 0 Å². The highest BCUT2D eigenvalue weighted by atomic mass is 32.2. The molecule has 0 bridgehead atoms. The SMILES string of the molecule is CN(CC1(O)CCCC1)C(=O)CC1CCSCC1. The molecule has 4 heteroatoms. The second-order valence-electron chi connectivity index (χ2n) is 5.94. The third-order valence-electron chi connectivity index (χ3n) is 4.30. The molecule has 1 aliphatic carbocycles. The first-order valence-electron chi connectivity index (χ1n) is 7.13. The Labute approximate surface area is 114 Å².